The minimum atomic E-state index is -5.75. The van der Waals surface area contributed by atoms with Crippen molar-refractivity contribution in [2.45, 2.75) is 142 Å². The second kappa shape index (κ2) is 21.2. The summed E-state index contributed by atoms with van der Waals surface area (Å²) in [5.41, 5.74) is 0. The van der Waals surface area contributed by atoms with E-state index in [-0.39, 0.29) is 0 Å². The minimum Gasteiger partial charge on any atom is -0.479 e. The number of phosphoric ester groups is 2. The predicted octanol–water partition coefficient (Wildman–Crippen LogP) is -8.14. The van der Waals surface area contributed by atoms with E-state index < -0.39 is 189 Å². The summed E-state index contributed by atoms with van der Waals surface area (Å²) in [5.74, 6) is -7.59. The fourth-order valence-electron chi connectivity index (χ4n) is 6.58. The predicted molar refractivity (Wildman–Crippen MR) is 181 cm³/mol. The number of carbonyl (C=O) groups is 2. The van der Waals surface area contributed by atoms with Gasteiger partial charge in [0.05, 0.1) is 38.6 Å². The molecular formula is C29H50O30P2. The van der Waals surface area contributed by atoms with Crippen LogP contribution in [0.2, 0.25) is 0 Å². The second-order valence-corrected chi connectivity index (χ2v) is 16.9. The van der Waals surface area contributed by atoms with Crippen molar-refractivity contribution in [3.05, 3.63) is 0 Å². The molecule has 0 amide bonds. The molecular weight excluding hydrogens is 890 g/mol. The van der Waals surface area contributed by atoms with Crippen LogP contribution in [0, 0.1) is 0 Å². The van der Waals surface area contributed by atoms with Crippen molar-refractivity contribution in [2.75, 3.05) is 26.4 Å². The normalized spacial score (nSPS) is 43.2. The molecule has 1 unspecified atom stereocenters. The van der Waals surface area contributed by atoms with E-state index in [1.54, 1.807) is 0 Å². The number of aliphatic hydroxyl groups is 11. The summed E-state index contributed by atoms with van der Waals surface area (Å²) < 4.78 is 78.7. The fraction of sp³-hybridized carbons (Fsp3) is 0.931. The molecule has 4 aliphatic rings. The van der Waals surface area contributed by atoms with E-state index in [9.17, 15) is 94.7 Å². The summed E-state index contributed by atoms with van der Waals surface area (Å²) in [6, 6.07) is 0. The van der Waals surface area contributed by atoms with Crippen molar-refractivity contribution < 1.29 is 147 Å². The summed E-state index contributed by atoms with van der Waals surface area (Å²) in [7, 11) is -11.4. The molecule has 32 heteroatoms. The second-order valence-electron chi connectivity index (χ2n) is 14.3. The first-order valence-corrected chi connectivity index (χ1v) is 21.1. The van der Waals surface area contributed by atoms with Gasteiger partial charge in [-0.1, -0.05) is 0 Å². The molecule has 356 valence electrons. The van der Waals surface area contributed by atoms with Crippen LogP contribution in [-0.2, 0) is 65.4 Å². The van der Waals surface area contributed by atoms with Crippen LogP contribution < -0.4 is 0 Å². The first kappa shape index (κ1) is 52.1. The number of phosphoric acid groups is 2. The van der Waals surface area contributed by atoms with Gasteiger partial charge in [-0.2, -0.15) is 0 Å². The Morgan fingerprint density at radius 1 is 0.770 bits per heavy atom. The molecule has 0 saturated carbocycles. The molecule has 0 bridgehead atoms. The van der Waals surface area contributed by atoms with Crippen LogP contribution in [0.15, 0.2) is 0 Å². The summed E-state index contributed by atoms with van der Waals surface area (Å²) in [6.07, 6.45) is -42.8. The van der Waals surface area contributed by atoms with Gasteiger partial charge in [-0.15, -0.1) is 0 Å². The van der Waals surface area contributed by atoms with Crippen LogP contribution in [0.1, 0.15) is 19.8 Å². The smallest absolute Gasteiger partial charge is 0.472 e. The Balaban J connectivity index is 1.87. The molecule has 0 radical (unpaired) electrons. The zero-order valence-corrected chi connectivity index (χ0v) is 33.3. The van der Waals surface area contributed by atoms with E-state index in [0.717, 1.165) is 0 Å². The monoisotopic (exact) mass is 940 g/mol. The molecule has 4 fully saturated rings. The van der Waals surface area contributed by atoms with Gasteiger partial charge < -0.3 is 114 Å². The molecule has 4 aliphatic heterocycles. The standard InChI is InChI=1S/C29H50O30P2/c1-8-10(34)2-11(35)25(51-8)55-22-17(39)16(38)21(24(40)41)54-26(22)56-23-20(59-61(48,49)50-7-9(33)4-30)15(37)14(6-32)52-27(23)53-19-13(58-60(45,46)47)3-29(44,28(42)43)57-18(19)12(36)5-31/h8-23,25-27,30-39,44H,2-7H2,1H3,(H,40,41)(H,42,43)(H,48,49)(H2,45,46,47)/t8-,9+,10-,11-,12+,13+,14+,15+,16+,17-,18+,19+,20-,21-,22+,23-,25-,26+,27+,29+/m0/s1. The molecule has 30 nitrogen and oxygen atoms in total. The van der Waals surface area contributed by atoms with Crippen LogP contribution in [0.3, 0.4) is 0 Å². The lowest BCUT2D eigenvalue weighted by Gasteiger charge is -2.50. The van der Waals surface area contributed by atoms with E-state index >= 15 is 0 Å². The third-order valence-corrected chi connectivity index (χ3v) is 11.2. The molecule has 0 aromatic heterocycles. The maximum Gasteiger partial charge on any atom is 0.472 e. The first-order chi connectivity index (χ1) is 28.3. The molecule has 0 aromatic rings. The number of aliphatic hydroxyl groups excluding tert-OH is 10. The minimum absolute atomic E-state index is 0.395. The highest BCUT2D eigenvalue weighted by atomic mass is 31.2. The van der Waals surface area contributed by atoms with Crippen LogP contribution in [0.5, 0.6) is 0 Å². The van der Waals surface area contributed by atoms with Crippen molar-refractivity contribution in [3.63, 3.8) is 0 Å². The van der Waals surface area contributed by atoms with Gasteiger partial charge in [0.25, 0.3) is 5.79 Å². The molecule has 4 rings (SSSR count). The average Bonchev–Trinajstić information content (AvgIpc) is 3.17. The molecule has 0 spiro atoms. The number of hydrogen-bond donors (Lipinski definition) is 16. The highest BCUT2D eigenvalue weighted by molar-refractivity contribution is 7.47. The highest BCUT2D eigenvalue weighted by Crippen LogP contribution is 2.49. The summed E-state index contributed by atoms with van der Waals surface area (Å²) >= 11 is 0. The van der Waals surface area contributed by atoms with Crippen molar-refractivity contribution in [2.24, 2.45) is 0 Å². The molecule has 0 aromatic carbocycles. The van der Waals surface area contributed by atoms with Gasteiger partial charge in [0, 0.05) is 12.8 Å². The molecule has 16 N–H and O–H groups in total. The highest BCUT2D eigenvalue weighted by Gasteiger charge is 2.60. The average molecular weight is 941 g/mol. The van der Waals surface area contributed by atoms with Crippen LogP contribution >= 0.6 is 15.6 Å². The molecule has 0 aliphatic carbocycles. The Kier molecular flexibility index (Phi) is 18.1. The van der Waals surface area contributed by atoms with E-state index in [1.165, 1.54) is 6.92 Å². The quantitative estimate of drug-likeness (QED) is 0.0535. The van der Waals surface area contributed by atoms with Gasteiger partial charge in [0.1, 0.15) is 79.4 Å². The van der Waals surface area contributed by atoms with Crippen LogP contribution in [0.25, 0.3) is 0 Å². The number of carboxylic acid groups (broad SMARTS) is 2. The topological polar surface area (TPSA) is 484 Å². The van der Waals surface area contributed by atoms with Gasteiger partial charge >= 0.3 is 27.6 Å². The van der Waals surface area contributed by atoms with Gasteiger partial charge in [-0.05, 0) is 6.92 Å². The third-order valence-electron chi connectivity index (χ3n) is 9.72. The number of rotatable bonds is 19. The van der Waals surface area contributed by atoms with Crippen molar-refractivity contribution in [1.29, 1.82) is 0 Å². The summed E-state index contributed by atoms with van der Waals surface area (Å²) in [5, 5.41) is 134. The lowest BCUT2D eigenvalue weighted by Crippen LogP contribution is -2.68. The third kappa shape index (κ3) is 12.8. The van der Waals surface area contributed by atoms with Crippen molar-refractivity contribution in [3.8, 4) is 0 Å². The van der Waals surface area contributed by atoms with Gasteiger partial charge in [0.15, 0.2) is 25.0 Å². The fourth-order valence-corrected chi connectivity index (χ4v) is 8.10. The Labute approximate surface area is 342 Å². The maximum atomic E-state index is 13.2. The number of aliphatic carboxylic acids is 2. The molecule has 4 heterocycles. The van der Waals surface area contributed by atoms with Gasteiger partial charge in [0.2, 0.25) is 0 Å². The Hall–Kier alpha value is -1.56. The lowest BCUT2D eigenvalue weighted by molar-refractivity contribution is -0.396. The van der Waals surface area contributed by atoms with Crippen LogP contribution in [-0.4, -0.2) is 242 Å². The SMILES string of the molecule is C[C@@H]1O[C@@H](O[C@H]2[C@@H](O[C@@H]3[C@@H](O[C@H]4[C@@H]([C@H](O)CO)O[C@@](O)(C(=O)O)C[C@H]4OP(=O)(O)O)O[C@H](CO)[C@@H](O)[C@@H]3OP(=O)(O)OC[C@H](O)CO)O[C@H](C(=O)O)[C@H](O)[C@@H]2O)[C@@H](O)C[C@@H]1O. The Bertz CT molecular complexity index is 1550. The lowest BCUT2D eigenvalue weighted by atomic mass is 9.92. The van der Waals surface area contributed by atoms with E-state index in [0.29, 0.717) is 0 Å². The molecule has 61 heavy (non-hydrogen) atoms. The first-order valence-electron chi connectivity index (χ1n) is 18.0. The van der Waals surface area contributed by atoms with Crippen molar-refractivity contribution in [1.82, 2.24) is 0 Å². The zero-order valence-electron chi connectivity index (χ0n) is 31.5. The van der Waals surface area contributed by atoms with Gasteiger partial charge in [-0.25, -0.2) is 18.7 Å². The van der Waals surface area contributed by atoms with Crippen LogP contribution in [0.4, 0.5) is 0 Å². The largest absolute Gasteiger partial charge is 0.479 e. The van der Waals surface area contributed by atoms with E-state index in [4.69, 9.17) is 42.8 Å². The Morgan fingerprint density at radius 2 is 1.38 bits per heavy atom. The van der Waals surface area contributed by atoms with Crippen molar-refractivity contribution >= 4 is 27.6 Å². The Morgan fingerprint density at radius 3 is 1.93 bits per heavy atom. The number of carboxylic acids is 2. The zero-order chi connectivity index (χ0) is 45.9. The number of hydrogen-bond acceptors (Lipinski definition) is 25. The molecule has 21 atom stereocenters. The maximum absolute atomic E-state index is 13.2. The molecule has 4 saturated heterocycles. The van der Waals surface area contributed by atoms with E-state index in [2.05, 4.69) is 9.05 Å². The number of ether oxygens (including phenoxy) is 7. The van der Waals surface area contributed by atoms with Gasteiger partial charge in [-0.3, -0.25) is 13.6 Å². The summed E-state index contributed by atoms with van der Waals surface area (Å²) in [4.78, 5) is 54.3. The van der Waals surface area contributed by atoms with E-state index in [1.807, 2.05) is 0 Å². The summed E-state index contributed by atoms with van der Waals surface area (Å²) in [6.45, 7) is -3.38.